The average molecular weight is 988 g/mol. The zero-order valence-electron chi connectivity index (χ0n) is 46.5. The highest BCUT2D eigenvalue weighted by Gasteiger charge is 2.19. The van der Waals surface area contributed by atoms with E-state index in [2.05, 4.69) is 118 Å². The fourth-order valence-electron chi connectivity index (χ4n) is 8.12. The van der Waals surface area contributed by atoms with Crippen LogP contribution in [-0.4, -0.2) is 37.2 Å². The molecule has 0 aliphatic carbocycles. The van der Waals surface area contributed by atoms with Gasteiger partial charge in [0.1, 0.15) is 13.2 Å². The van der Waals surface area contributed by atoms with Gasteiger partial charge < -0.3 is 14.2 Å². The average Bonchev–Trinajstić information content (AvgIpc) is 3.37. The number of rotatable bonds is 53. The number of carbonyl (C=O) groups is 3. The standard InChI is InChI=1S/C65H110O6/c1-4-7-10-13-16-19-21-23-25-26-27-28-29-30-31-32-33-34-35-36-37-38-40-41-43-46-49-52-55-58-64(67)70-61-62(60-69-63(66)57-54-51-48-45-18-15-12-9-6-3)71-65(68)59-56-53-50-47-44-42-39-24-22-20-17-14-11-8-5-2/h7,10,16,19,23-25,27-28,30-31,33-34,36-37,39,62H,4-6,8-9,11-15,17-18,20-22,26,29,32,35,38,40-61H2,1-3H3/b10-7-,19-16-,25-23-,28-27-,31-30-,34-33-,37-36-,39-24-. The molecule has 1 unspecified atom stereocenters. The van der Waals surface area contributed by atoms with Gasteiger partial charge in [0.05, 0.1) is 0 Å². The molecule has 0 aromatic heterocycles. The fourth-order valence-corrected chi connectivity index (χ4v) is 8.12. The zero-order valence-corrected chi connectivity index (χ0v) is 46.5. The first-order valence-corrected chi connectivity index (χ1v) is 29.7. The molecule has 0 radical (unpaired) electrons. The third kappa shape index (κ3) is 57.1. The Labute approximate surface area is 438 Å². The molecule has 6 heteroatoms. The van der Waals surface area contributed by atoms with E-state index in [-0.39, 0.29) is 31.1 Å². The molecule has 0 heterocycles. The minimum Gasteiger partial charge on any atom is -0.462 e. The van der Waals surface area contributed by atoms with Crippen molar-refractivity contribution in [2.75, 3.05) is 13.2 Å². The summed E-state index contributed by atoms with van der Waals surface area (Å²) < 4.78 is 16.8. The molecule has 0 aliphatic heterocycles. The lowest BCUT2D eigenvalue weighted by molar-refractivity contribution is -0.167. The lowest BCUT2D eigenvalue weighted by Crippen LogP contribution is -2.30. The van der Waals surface area contributed by atoms with Crippen LogP contribution in [0.15, 0.2) is 97.2 Å². The van der Waals surface area contributed by atoms with Gasteiger partial charge in [0, 0.05) is 19.3 Å². The molecule has 0 amide bonds. The van der Waals surface area contributed by atoms with Gasteiger partial charge in [-0.3, -0.25) is 14.4 Å². The van der Waals surface area contributed by atoms with E-state index in [1.807, 2.05) is 0 Å². The number of unbranched alkanes of at least 4 members (excludes halogenated alkanes) is 26. The van der Waals surface area contributed by atoms with Gasteiger partial charge in [0.15, 0.2) is 6.10 Å². The summed E-state index contributed by atoms with van der Waals surface area (Å²) in [5.74, 6) is -0.901. The van der Waals surface area contributed by atoms with Gasteiger partial charge in [-0.05, 0) is 103 Å². The second-order valence-electron chi connectivity index (χ2n) is 19.5. The summed E-state index contributed by atoms with van der Waals surface area (Å²) in [6, 6.07) is 0. The van der Waals surface area contributed by atoms with Crippen LogP contribution >= 0.6 is 0 Å². The molecule has 1 atom stereocenters. The van der Waals surface area contributed by atoms with Crippen molar-refractivity contribution in [3.63, 3.8) is 0 Å². The summed E-state index contributed by atoms with van der Waals surface area (Å²) in [6.07, 6.45) is 78.4. The molecule has 0 N–H and O–H groups in total. The topological polar surface area (TPSA) is 78.9 Å². The molecule has 0 bridgehead atoms. The van der Waals surface area contributed by atoms with Gasteiger partial charge in [-0.2, -0.15) is 0 Å². The van der Waals surface area contributed by atoms with Crippen molar-refractivity contribution >= 4 is 17.9 Å². The van der Waals surface area contributed by atoms with Crippen LogP contribution in [0.4, 0.5) is 0 Å². The van der Waals surface area contributed by atoms with E-state index in [1.165, 1.54) is 116 Å². The van der Waals surface area contributed by atoms with Gasteiger partial charge >= 0.3 is 17.9 Å². The maximum atomic E-state index is 12.8. The predicted molar refractivity (Wildman–Crippen MR) is 307 cm³/mol. The summed E-state index contributed by atoms with van der Waals surface area (Å²) in [6.45, 7) is 6.49. The normalized spacial score (nSPS) is 12.8. The van der Waals surface area contributed by atoms with Crippen molar-refractivity contribution in [1.82, 2.24) is 0 Å². The highest BCUT2D eigenvalue weighted by molar-refractivity contribution is 5.71. The molecule has 0 aliphatic rings. The Kier molecular flexibility index (Phi) is 55.9. The van der Waals surface area contributed by atoms with E-state index >= 15 is 0 Å². The van der Waals surface area contributed by atoms with Gasteiger partial charge in [0.2, 0.25) is 0 Å². The van der Waals surface area contributed by atoms with Crippen LogP contribution in [0.5, 0.6) is 0 Å². The summed E-state index contributed by atoms with van der Waals surface area (Å²) in [7, 11) is 0. The Morgan fingerprint density at radius 3 is 0.873 bits per heavy atom. The summed E-state index contributed by atoms with van der Waals surface area (Å²) >= 11 is 0. The van der Waals surface area contributed by atoms with E-state index in [0.717, 1.165) is 122 Å². The Morgan fingerprint density at radius 2 is 0.549 bits per heavy atom. The van der Waals surface area contributed by atoms with Crippen LogP contribution in [0.3, 0.4) is 0 Å². The van der Waals surface area contributed by atoms with Crippen LogP contribution < -0.4 is 0 Å². The fraction of sp³-hybridized carbons (Fsp3) is 0.708. The number of ether oxygens (including phenoxy) is 3. The first kappa shape index (κ1) is 67.3. The van der Waals surface area contributed by atoms with Crippen molar-refractivity contribution in [2.24, 2.45) is 0 Å². The number of hydrogen-bond donors (Lipinski definition) is 0. The van der Waals surface area contributed by atoms with Crippen LogP contribution in [0.2, 0.25) is 0 Å². The minimum atomic E-state index is -0.784. The quantitative estimate of drug-likeness (QED) is 0.0261. The maximum Gasteiger partial charge on any atom is 0.306 e. The highest BCUT2D eigenvalue weighted by atomic mass is 16.6. The summed E-state index contributed by atoms with van der Waals surface area (Å²) in [5, 5.41) is 0. The SMILES string of the molecule is CC/C=C\C/C=C\C/C=C\C/C=C\C/C=C\C/C=C\C/C=C\CCCCCCCCCC(=O)OCC(COC(=O)CCCCCCCCCCC)OC(=O)CCCCCCC/C=C\CCCCCCCC. The second kappa shape index (κ2) is 58.9. The number of allylic oxidation sites excluding steroid dienone is 16. The van der Waals surface area contributed by atoms with Gasteiger partial charge in [-0.1, -0.05) is 253 Å². The summed E-state index contributed by atoms with van der Waals surface area (Å²) in [4.78, 5) is 38.0. The van der Waals surface area contributed by atoms with E-state index < -0.39 is 6.10 Å². The maximum absolute atomic E-state index is 12.8. The molecule has 6 nitrogen and oxygen atoms in total. The third-order valence-electron chi connectivity index (χ3n) is 12.6. The molecule has 0 saturated carbocycles. The largest absolute Gasteiger partial charge is 0.462 e. The molecular weight excluding hydrogens is 877 g/mol. The Bertz CT molecular complexity index is 1410. The molecule has 0 rings (SSSR count). The van der Waals surface area contributed by atoms with Gasteiger partial charge in [0.25, 0.3) is 0 Å². The van der Waals surface area contributed by atoms with Crippen LogP contribution in [0.1, 0.15) is 278 Å². The molecule has 0 aromatic carbocycles. The monoisotopic (exact) mass is 987 g/mol. The van der Waals surface area contributed by atoms with Crippen LogP contribution in [0.25, 0.3) is 0 Å². The van der Waals surface area contributed by atoms with Crippen molar-refractivity contribution in [1.29, 1.82) is 0 Å². The van der Waals surface area contributed by atoms with Gasteiger partial charge in [-0.25, -0.2) is 0 Å². The van der Waals surface area contributed by atoms with E-state index in [1.54, 1.807) is 0 Å². The first-order valence-electron chi connectivity index (χ1n) is 29.7. The Balaban J connectivity index is 4.24. The highest BCUT2D eigenvalue weighted by Crippen LogP contribution is 2.15. The van der Waals surface area contributed by atoms with Crippen molar-refractivity contribution in [3.8, 4) is 0 Å². The molecule has 71 heavy (non-hydrogen) atoms. The van der Waals surface area contributed by atoms with Crippen molar-refractivity contribution in [3.05, 3.63) is 97.2 Å². The lowest BCUT2D eigenvalue weighted by Gasteiger charge is -2.18. The molecule has 0 fully saturated rings. The minimum absolute atomic E-state index is 0.0824. The van der Waals surface area contributed by atoms with Crippen molar-refractivity contribution < 1.29 is 28.6 Å². The number of hydrogen-bond acceptors (Lipinski definition) is 6. The second-order valence-corrected chi connectivity index (χ2v) is 19.5. The van der Waals surface area contributed by atoms with E-state index in [0.29, 0.717) is 19.3 Å². The van der Waals surface area contributed by atoms with Gasteiger partial charge in [-0.15, -0.1) is 0 Å². The zero-order chi connectivity index (χ0) is 51.4. The Hall–Kier alpha value is -3.67. The molecule has 0 spiro atoms. The van der Waals surface area contributed by atoms with E-state index in [4.69, 9.17) is 14.2 Å². The molecule has 406 valence electrons. The van der Waals surface area contributed by atoms with Crippen LogP contribution in [0, 0.1) is 0 Å². The Morgan fingerprint density at radius 1 is 0.296 bits per heavy atom. The molecule has 0 aromatic rings. The molecule has 0 saturated heterocycles. The number of carbonyl (C=O) groups excluding carboxylic acids is 3. The number of esters is 3. The predicted octanol–water partition coefficient (Wildman–Crippen LogP) is 20.1. The molecular formula is C65H110O6. The first-order chi connectivity index (χ1) is 35.0. The summed E-state index contributed by atoms with van der Waals surface area (Å²) in [5.41, 5.74) is 0. The smallest absolute Gasteiger partial charge is 0.306 e. The van der Waals surface area contributed by atoms with Crippen LogP contribution in [-0.2, 0) is 28.6 Å². The van der Waals surface area contributed by atoms with E-state index in [9.17, 15) is 14.4 Å². The lowest BCUT2D eigenvalue weighted by atomic mass is 10.1. The third-order valence-corrected chi connectivity index (χ3v) is 12.6. The van der Waals surface area contributed by atoms with Crippen molar-refractivity contribution in [2.45, 2.75) is 284 Å².